The first-order valence-electron chi connectivity index (χ1n) is 4.39. The zero-order valence-corrected chi connectivity index (χ0v) is 9.37. The third kappa shape index (κ3) is 4.01. The molecule has 0 aromatic carbocycles. The van der Waals surface area contributed by atoms with Crippen molar-refractivity contribution < 1.29 is 0 Å². The molecular formula is C10H14ClNS. The quantitative estimate of drug-likeness (QED) is 0.553. The second kappa shape index (κ2) is 6.28. The van der Waals surface area contributed by atoms with Gasteiger partial charge in [-0.25, -0.2) is 0 Å². The average molecular weight is 216 g/mol. The molecule has 13 heavy (non-hydrogen) atoms. The Morgan fingerprint density at radius 2 is 2.38 bits per heavy atom. The van der Waals surface area contributed by atoms with Crippen LogP contribution in [0.4, 0.5) is 0 Å². The lowest BCUT2D eigenvalue weighted by atomic mass is 10.2. The topological polar surface area (TPSA) is 12.9 Å². The van der Waals surface area contributed by atoms with Gasteiger partial charge in [0.1, 0.15) is 0 Å². The lowest BCUT2D eigenvalue weighted by Crippen LogP contribution is -1.91. The smallest absolute Gasteiger partial charge is 0.0531 e. The molecular weight excluding hydrogens is 202 g/mol. The zero-order chi connectivity index (χ0) is 9.52. The second-order valence-electron chi connectivity index (χ2n) is 2.86. The van der Waals surface area contributed by atoms with E-state index in [1.165, 1.54) is 11.3 Å². The van der Waals surface area contributed by atoms with Gasteiger partial charge in [-0.3, -0.25) is 4.98 Å². The molecule has 0 atom stereocenters. The van der Waals surface area contributed by atoms with E-state index in [4.69, 9.17) is 11.6 Å². The molecule has 3 heteroatoms. The summed E-state index contributed by atoms with van der Waals surface area (Å²) in [5.74, 6) is 2.89. The van der Waals surface area contributed by atoms with Crippen molar-refractivity contribution in [3.8, 4) is 0 Å². The van der Waals surface area contributed by atoms with E-state index < -0.39 is 0 Å². The monoisotopic (exact) mass is 215 g/mol. The van der Waals surface area contributed by atoms with Crippen LogP contribution in [-0.2, 0) is 5.75 Å². The van der Waals surface area contributed by atoms with Gasteiger partial charge >= 0.3 is 0 Å². The van der Waals surface area contributed by atoms with Crippen LogP contribution in [0.15, 0.2) is 18.3 Å². The molecule has 1 aromatic heterocycles. The van der Waals surface area contributed by atoms with Gasteiger partial charge in [0.25, 0.3) is 0 Å². The van der Waals surface area contributed by atoms with Crippen molar-refractivity contribution in [2.45, 2.75) is 19.1 Å². The predicted octanol–water partition coefficient (Wildman–Crippen LogP) is 3.25. The first-order valence-corrected chi connectivity index (χ1v) is 6.07. The SMILES string of the molecule is Cc1cccnc1CSCCCCl. The number of aryl methyl sites for hydroxylation is 1. The first-order chi connectivity index (χ1) is 6.34. The van der Waals surface area contributed by atoms with Crippen molar-refractivity contribution in [3.63, 3.8) is 0 Å². The molecule has 0 amide bonds. The number of pyridine rings is 1. The van der Waals surface area contributed by atoms with Crippen LogP contribution in [0.2, 0.25) is 0 Å². The van der Waals surface area contributed by atoms with Crippen molar-refractivity contribution in [3.05, 3.63) is 29.6 Å². The van der Waals surface area contributed by atoms with Gasteiger partial charge in [0.15, 0.2) is 0 Å². The minimum absolute atomic E-state index is 0.758. The molecule has 0 fully saturated rings. The molecule has 0 aliphatic heterocycles. The van der Waals surface area contributed by atoms with Crippen molar-refractivity contribution in [1.82, 2.24) is 4.98 Å². The second-order valence-corrected chi connectivity index (χ2v) is 4.35. The summed E-state index contributed by atoms with van der Waals surface area (Å²) in [5.41, 5.74) is 2.47. The summed E-state index contributed by atoms with van der Waals surface area (Å²) in [6.07, 6.45) is 2.93. The van der Waals surface area contributed by atoms with E-state index in [1.807, 2.05) is 24.0 Å². The number of hydrogen-bond acceptors (Lipinski definition) is 2. The Kier molecular flexibility index (Phi) is 5.25. The van der Waals surface area contributed by atoms with E-state index in [2.05, 4.69) is 18.0 Å². The highest BCUT2D eigenvalue weighted by molar-refractivity contribution is 7.98. The molecule has 0 bridgehead atoms. The summed E-state index contributed by atoms with van der Waals surface area (Å²) in [5, 5.41) is 0. The van der Waals surface area contributed by atoms with Crippen LogP contribution in [0.1, 0.15) is 17.7 Å². The van der Waals surface area contributed by atoms with Gasteiger partial charge in [-0.2, -0.15) is 11.8 Å². The molecule has 0 aliphatic rings. The Hall–Kier alpha value is -0.210. The van der Waals surface area contributed by atoms with Crippen molar-refractivity contribution in [2.24, 2.45) is 0 Å². The van der Waals surface area contributed by atoms with Gasteiger partial charge in [0.05, 0.1) is 5.69 Å². The highest BCUT2D eigenvalue weighted by Gasteiger charge is 1.97. The van der Waals surface area contributed by atoms with Gasteiger partial charge < -0.3 is 0 Å². The van der Waals surface area contributed by atoms with Crippen LogP contribution in [0.5, 0.6) is 0 Å². The molecule has 1 nitrogen and oxygen atoms in total. The largest absolute Gasteiger partial charge is 0.260 e. The Labute approximate surface area is 88.9 Å². The Morgan fingerprint density at radius 3 is 3.08 bits per heavy atom. The highest BCUT2D eigenvalue weighted by Crippen LogP contribution is 2.14. The summed E-state index contributed by atoms with van der Waals surface area (Å²) < 4.78 is 0. The maximum Gasteiger partial charge on any atom is 0.0531 e. The van der Waals surface area contributed by atoms with Crippen molar-refractivity contribution >= 4 is 23.4 Å². The third-order valence-corrected chi connectivity index (χ3v) is 3.10. The average Bonchev–Trinajstić information content (AvgIpc) is 2.15. The number of hydrogen-bond donors (Lipinski definition) is 0. The number of alkyl halides is 1. The van der Waals surface area contributed by atoms with E-state index in [1.54, 1.807) is 0 Å². The fraction of sp³-hybridized carbons (Fsp3) is 0.500. The van der Waals surface area contributed by atoms with Gasteiger partial charge in [-0.1, -0.05) is 6.07 Å². The highest BCUT2D eigenvalue weighted by atomic mass is 35.5. The van der Waals surface area contributed by atoms with Gasteiger partial charge in [0, 0.05) is 17.8 Å². The molecule has 0 radical (unpaired) electrons. The molecule has 0 saturated heterocycles. The normalized spacial score (nSPS) is 10.3. The molecule has 1 rings (SSSR count). The lowest BCUT2D eigenvalue weighted by Gasteiger charge is -2.02. The maximum absolute atomic E-state index is 5.59. The molecule has 72 valence electrons. The fourth-order valence-electron chi connectivity index (χ4n) is 0.995. The summed E-state index contributed by atoms with van der Waals surface area (Å²) in [7, 11) is 0. The van der Waals surface area contributed by atoms with E-state index in [-0.39, 0.29) is 0 Å². The fourth-order valence-corrected chi connectivity index (χ4v) is 2.28. The van der Waals surface area contributed by atoms with E-state index >= 15 is 0 Å². The minimum Gasteiger partial charge on any atom is -0.260 e. The molecule has 1 aromatic rings. The van der Waals surface area contributed by atoms with Gasteiger partial charge in [-0.15, -0.1) is 11.6 Å². The zero-order valence-electron chi connectivity index (χ0n) is 7.79. The van der Waals surface area contributed by atoms with Crippen LogP contribution in [-0.4, -0.2) is 16.6 Å². The lowest BCUT2D eigenvalue weighted by molar-refractivity contribution is 1.09. The molecule has 0 N–H and O–H groups in total. The van der Waals surface area contributed by atoms with Crippen LogP contribution in [0, 0.1) is 6.92 Å². The van der Waals surface area contributed by atoms with Crippen LogP contribution in [0.25, 0.3) is 0 Å². The van der Waals surface area contributed by atoms with Gasteiger partial charge in [-0.05, 0) is 30.7 Å². The number of rotatable bonds is 5. The Balaban J connectivity index is 2.32. The number of aromatic nitrogens is 1. The summed E-state index contributed by atoms with van der Waals surface area (Å²) >= 11 is 7.48. The van der Waals surface area contributed by atoms with E-state index in [9.17, 15) is 0 Å². The van der Waals surface area contributed by atoms with Crippen molar-refractivity contribution in [1.29, 1.82) is 0 Å². The van der Waals surface area contributed by atoms with Gasteiger partial charge in [0.2, 0.25) is 0 Å². The summed E-state index contributed by atoms with van der Waals surface area (Å²) in [6.45, 7) is 2.10. The summed E-state index contributed by atoms with van der Waals surface area (Å²) in [6, 6.07) is 4.08. The Bertz CT molecular complexity index is 252. The first kappa shape index (κ1) is 10.9. The standard InChI is InChI=1S/C10H14ClNS/c1-9-4-2-6-12-10(9)8-13-7-3-5-11/h2,4,6H,3,5,7-8H2,1H3. The number of nitrogens with zero attached hydrogens (tertiary/aromatic N) is 1. The molecule has 0 spiro atoms. The van der Waals surface area contributed by atoms with Crippen LogP contribution >= 0.6 is 23.4 Å². The Morgan fingerprint density at radius 1 is 1.54 bits per heavy atom. The van der Waals surface area contributed by atoms with Crippen molar-refractivity contribution in [2.75, 3.05) is 11.6 Å². The molecule has 0 saturated carbocycles. The molecule has 0 unspecified atom stereocenters. The van der Waals surface area contributed by atoms with Crippen LogP contribution < -0.4 is 0 Å². The third-order valence-electron chi connectivity index (χ3n) is 1.78. The maximum atomic E-state index is 5.59. The predicted molar refractivity (Wildman–Crippen MR) is 60.5 cm³/mol. The van der Waals surface area contributed by atoms with Crippen LogP contribution in [0.3, 0.4) is 0 Å². The minimum atomic E-state index is 0.758. The van der Waals surface area contributed by atoms with E-state index in [0.29, 0.717) is 0 Å². The van der Waals surface area contributed by atoms with E-state index in [0.717, 1.165) is 23.8 Å². The molecule has 1 heterocycles. The molecule has 0 aliphatic carbocycles. The summed E-state index contributed by atoms with van der Waals surface area (Å²) in [4.78, 5) is 4.32. The number of thioether (sulfide) groups is 1. The number of halogens is 1.